The van der Waals surface area contributed by atoms with Crippen LogP contribution in [0.3, 0.4) is 0 Å². The van der Waals surface area contributed by atoms with E-state index in [2.05, 4.69) is 15.6 Å². The fourth-order valence-corrected chi connectivity index (χ4v) is 3.47. The quantitative estimate of drug-likeness (QED) is 0.727. The summed E-state index contributed by atoms with van der Waals surface area (Å²) < 4.78 is 19.6. The molecule has 1 aliphatic rings. The molecule has 0 saturated carbocycles. The highest BCUT2D eigenvalue weighted by atomic mass is 35.5. The van der Waals surface area contributed by atoms with Crippen molar-refractivity contribution in [3.63, 3.8) is 0 Å². The molecule has 1 unspecified atom stereocenters. The van der Waals surface area contributed by atoms with Crippen molar-refractivity contribution in [2.45, 2.75) is 19.1 Å². The first-order chi connectivity index (χ1) is 12.2. The molecule has 1 aromatic heterocycles. The van der Waals surface area contributed by atoms with Crippen LogP contribution >= 0.6 is 36.6 Å². The first kappa shape index (κ1) is 23.5. The Hall–Kier alpha value is -1.54. The summed E-state index contributed by atoms with van der Waals surface area (Å²) in [4.78, 5) is 16.2. The van der Waals surface area contributed by atoms with E-state index in [0.29, 0.717) is 12.1 Å². The third-order valence-electron chi connectivity index (χ3n) is 3.75. The number of pyridine rings is 1. The van der Waals surface area contributed by atoms with Crippen LogP contribution in [0.2, 0.25) is 0 Å². The Labute approximate surface area is 174 Å². The number of nitrogens with one attached hydrogen (secondary N) is 2. The van der Waals surface area contributed by atoms with Gasteiger partial charge in [0.2, 0.25) is 5.91 Å². The van der Waals surface area contributed by atoms with Crippen molar-refractivity contribution < 1.29 is 13.9 Å². The van der Waals surface area contributed by atoms with Crippen molar-refractivity contribution in [2.24, 2.45) is 0 Å². The van der Waals surface area contributed by atoms with Gasteiger partial charge in [0.25, 0.3) is 0 Å². The summed E-state index contributed by atoms with van der Waals surface area (Å²) in [6, 6.07) is 10.1. The zero-order valence-electron chi connectivity index (χ0n) is 14.5. The lowest BCUT2D eigenvalue weighted by atomic mass is 10.2. The molecule has 0 bridgehead atoms. The zero-order chi connectivity index (χ0) is 17.5. The van der Waals surface area contributed by atoms with Crippen LogP contribution in [0.15, 0.2) is 42.6 Å². The molecule has 0 spiro atoms. The van der Waals surface area contributed by atoms with Crippen molar-refractivity contribution in [3.8, 4) is 5.75 Å². The number of carbonyl (C=O) groups is 1. The van der Waals surface area contributed by atoms with Gasteiger partial charge >= 0.3 is 0 Å². The number of nitrogens with zero attached hydrogens (tertiary/aromatic N) is 1. The number of benzene rings is 1. The van der Waals surface area contributed by atoms with Gasteiger partial charge in [0.05, 0.1) is 5.69 Å². The molecule has 0 radical (unpaired) electrons. The number of amides is 1. The minimum absolute atomic E-state index is 0. The summed E-state index contributed by atoms with van der Waals surface area (Å²) in [6.07, 6.45) is 2.04. The molecular weight excluding hydrogens is 412 g/mol. The average Bonchev–Trinajstić information content (AvgIpc) is 2.63. The molecule has 1 aliphatic heterocycles. The van der Waals surface area contributed by atoms with Crippen LogP contribution in [-0.4, -0.2) is 35.0 Å². The summed E-state index contributed by atoms with van der Waals surface area (Å²) in [5.41, 5.74) is 1.15. The number of thioether (sulfide) groups is 1. The Kier molecular flexibility index (Phi) is 10.5. The lowest BCUT2D eigenvalue weighted by Crippen LogP contribution is -2.39. The van der Waals surface area contributed by atoms with Crippen molar-refractivity contribution in [1.29, 1.82) is 0 Å². The molecule has 1 saturated heterocycles. The molecule has 0 aliphatic carbocycles. The van der Waals surface area contributed by atoms with Gasteiger partial charge in [-0.15, -0.1) is 24.8 Å². The second-order valence-electron chi connectivity index (χ2n) is 5.73. The van der Waals surface area contributed by atoms with Crippen molar-refractivity contribution in [2.75, 3.05) is 23.4 Å². The van der Waals surface area contributed by atoms with Crippen molar-refractivity contribution in [1.82, 2.24) is 10.3 Å². The average molecular weight is 434 g/mol. The van der Waals surface area contributed by atoms with Gasteiger partial charge in [-0.05, 0) is 24.3 Å². The van der Waals surface area contributed by atoms with Gasteiger partial charge in [-0.1, -0.05) is 6.07 Å². The van der Waals surface area contributed by atoms with E-state index in [4.69, 9.17) is 4.74 Å². The first-order valence-electron chi connectivity index (χ1n) is 8.14. The van der Waals surface area contributed by atoms with Gasteiger partial charge in [-0.2, -0.15) is 11.8 Å². The summed E-state index contributed by atoms with van der Waals surface area (Å²) in [7, 11) is 0. The first-order valence-corrected chi connectivity index (χ1v) is 9.29. The molecule has 1 aromatic carbocycles. The van der Waals surface area contributed by atoms with E-state index >= 15 is 0 Å². The van der Waals surface area contributed by atoms with Crippen molar-refractivity contribution >= 4 is 48.2 Å². The predicted octanol–water partition coefficient (Wildman–Crippen LogP) is 3.68. The fourth-order valence-electron chi connectivity index (χ4n) is 2.52. The predicted molar refractivity (Wildman–Crippen MR) is 112 cm³/mol. The van der Waals surface area contributed by atoms with Crippen LogP contribution in [-0.2, 0) is 11.4 Å². The summed E-state index contributed by atoms with van der Waals surface area (Å²) in [5.74, 6) is 1.49. The van der Waals surface area contributed by atoms with Gasteiger partial charge < -0.3 is 15.4 Å². The molecule has 27 heavy (non-hydrogen) atoms. The van der Waals surface area contributed by atoms with Gasteiger partial charge in [-0.25, -0.2) is 4.39 Å². The lowest BCUT2D eigenvalue weighted by molar-refractivity contribution is -0.116. The third-order valence-corrected chi connectivity index (χ3v) is 4.88. The smallest absolute Gasteiger partial charge is 0.225 e. The van der Waals surface area contributed by atoms with Gasteiger partial charge in [-0.3, -0.25) is 9.78 Å². The van der Waals surface area contributed by atoms with Gasteiger partial charge in [0.15, 0.2) is 11.6 Å². The Bertz CT molecular complexity index is 719. The Morgan fingerprint density at radius 2 is 2.19 bits per heavy atom. The minimum Gasteiger partial charge on any atom is -0.484 e. The highest BCUT2D eigenvalue weighted by Gasteiger charge is 2.17. The second kappa shape index (κ2) is 12.0. The molecular formula is C18H22Cl2FN3O2S. The van der Waals surface area contributed by atoms with Gasteiger partial charge in [0, 0.05) is 48.5 Å². The standard InChI is InChI=1S/C18H20FN3O2S.2ClH/c19-16-9-13(22-18(23)10-15-12-25-8-7-21-15)4-5-17(16)24-11-14-3-1-2-6-20-14;;/h1-6,9,15,21H,7-8,10-12H2,(H,22,23);2*1H. The highest BCUT2D eigenvalue weighted by Crippen LogP contribution is 2.22. The van der Waals surface area contributed by atoms with E-state index < -0.39 is 5.82 Å². The highest BCUT2D eigenvalue weighted by molar-refractivity contribution is 7.99. The summed E-state index contributed by atoms with van der Waals surface area (Å²) in [5, 5.41) is 6.04. The van der Waals surface area contributed by atoms with E-state index in [0.717, 1.165) is 23.7 Å². The number of hydrogen-bond donors (Lipinski definition) is 2. The molecule has 2 heterocycles. The second-order valence-corrected chi connectivity index (χ2v) is 6.88. The van der Waals surface area contributed by atoms with E-state index in [1.165, 1.54) is 12.1 Å². The third kappa shape index (κ3) is 7.54. The molecule has 1 amide bonds. The Balaban J connectivity index is 0.00000182. The number of halogens is 3. The lowest BCUT2D eigenvalue weighted by Gasteiger charge is -2.22. The molecule has 1 fully saturated rings. The molecule has 2 aromatic rings. The fraction of sp³-hybridized carbons (Fsp3) is 0.333. The van der Waals surface area contributed by atoms with Crippen LogP contribution < -0.4 is 15.4 Å². The van der Waals surface area contributed by atoms with Crippen LogP contribution in [0.25, 0.3) is 0 Å². The Morgan fingerprint density at radius 1 is 1.33 bits per heavy atom. The van der Waals surface area contributed by atoms with E-state index in [1.807, 2.05) is 30.0 Å². The van der Waals surface area contributed by atoms with Crippen LogP contribution in [0.5, 0.6) is 5.75 Å². The molecule has 3 rings (SSSR count). The number of ether oxygens (including phenoxy) is 1. The monoisotopic (exact) mass is 433 g/mol. The van der Waals surface area contributed by atoms with Crippen LogP contribution in [0.1, 0.15) is 12.1 Å². The number of hydrogen-bond acceptors (Lipinski definition) is 5. The van der Waals surface area contributed by atoms with E-state index in [9.17, 15) is 9.18 Å². The minimum atomic E-state index is -0.514. The van der Waals surface area contributed by atoms with Crippen molar-refractivity contribution in [3.05, 3.63) is 54.1 Å². The molecule has 5 nitrogen and oxygen atoms in total. The number of aromatic nitrogens is 1. The number of carbonyl (C=O) groups excluding carboxylic acids is 1. The maximum absolute atomic E-state index is 14.1. The molecule has 148 valence electrons. The summed E-state index contributed by atoms with van der Waals surface area (Å²) >= 11 is 1.84. The topological polar surface area (TPSA) is 63.2 Å². The van der Waals surface area contributed by atoms with E-state index in [1.54, 1.807) is 12.3 Å². The maximum Gasteiger partial charge on any atom is 0.225 e. The van der Waals surface area contributed by atoms with E-state index in [-0.39, 0.29) is 49.1 Å². The van der Waals surface area contributed by atoms with Crippen LogP contribution in [0.4, 0.5) is 10.1 Å². The Morgan fingerprint density at radius 3 is 2.85 bits per heavy atom. The zero-order valence-corrected chi connectivity index (χ0v) is 17.0. The van der Waals surface area contributed by atoms with Crippen LogP contribution in [0, 0.1) is 5.82 Å². The maximum atomic E-state index is 14.1. The number of anilines is 1. The van der Waals surface area contributed by atoms with Gasteiger partial charge in [0.1, 0.15) is 6.61 Å². The number of rotatable bonds is 6. The summed E-state index contributed by atoms with van der Waals surface area (Å²) in [6.45, 7) is 1.11. The SMILES string of the molecule is Cl.Cl.O=C(CC1CSCCN1)Nc1ccc(OCc2ccccn2)c(F)c1. The largest absolute Gasteiger partial charge is 0.484 e. The molecule has 9 heteroatoms. The molecule has 1 atom stereocenters. The normalized spacial score (nSPS) is 15.8. The molecule has 2 N–H and O–H groups in total.